The van der Waals surface area contributed by atoms with E-state index in [1.165, 1.54) is 13.2 Å². The van der Waals surface area contributed by atoms with Crippen LogP contribution in [0.4, 0.5) is 10.2 Å². The minimum Gasteiger partial charge on any atom is -0.496 e. The number of nitrogens with zero attached hydrogens (tertiary/aromatic N) is 2. The number of halogens is 2. The smallest absolute Gasteiger partial charge is 0.260 e. The number of para-hydroxylation sites is 1. The Morgan fingerprint density at radius 1 is 1.24 bits per heavy atom. The summed E-state index contributed by atoms with van der Waals surface area (Å²) in [4.78, 5) is 12.4. The van der Waals surface area contributed by atoms with Gasteiger partial charge in [0.2, 0.25) is 0 Å². The molecule has 5 nitrogen and oxygen atoms in total. The summed E-state index contributed by atoms with van der Waals surface area (Å²) in [5, 5.41) is 7.03. The number of methoxy groups -OCH3 is 1. The van der Waals surface area contributed by atoms with E-state index >= 15 is 0 Å². The molecule has 0 aliphatic carbocycles. The minimum atomic E-state index is -0.339. The lowest BCUT2D eigenvalue weighted by molar-refractivity contribution is 0.102. The Kier molecular flexibility index (Phi) is 5.14. The highest BCUT2D eigenvalue weighted by atomic mass is 79.9. The number of carbonyl (C=O) groups is 1. The topological polar surface area (TPSA) is 56.1 Å². The summed E-state index contributed by atoms with van der Waals surface area (Å²) >= 11 is 3.36. The van der Waals surface area contributed by atoms with E-state index < -0.39 is 0 Å². The molecular formula is C18H15BrFN3O2. The lowest BCUT2D eigenvalue weighted by Gasteiger charge is -2.07. The first-order chi connectivity index (χ1) is 12.1. The predicted molar refractivity (Wildman–Crippen MR) is 96.4 cm³/mol. The second kappa shape index (κ2) is 7.48. The van der Waals surface area contributed by atoms with Crippen LogP contribution in [0, 0.1) is 5.82 Å². The van der Waals surface area contributed by atoms with Crippen LogP contribution in [0.25, 0.3) is 0 Å². The van der Waals surface area contributed by atoms with Crippen LogP contribution in [0.3, 0.4) is 0 Å². The molecule has 1 aromatic heterocycles. The quantitative estimate of drug-likeness (QED) is 0.697. The molecule has 0 saturated carbocycles. The number of rotatable bonds is 5. The summed E-state index contributed by atoms with van der Waals surface area (Å²) in [6.07, 6.45) is 1.68. The molecule has 25 heavy (non-hydrogen) atoms. The second-order valence-electron chi connectivity index (χ2n) is 5.27. The molecule has 0 unspecified atom stereocenters. The average Bonchev–Trinajstić information content (AvgIpc) is 2.96. The lowest BCUT2D eigenvalue weighted by Crippen LogP contribution is -2.14. The van der Waals surface area contributed by atoms with Crippen LogP contribution >= 0.6 is 15.9 Å². The first-order valence-corrected chi connectivity index (χ1v) is 8.28. The third-order valence-corrected chi connectivity index (χ3v) is 4.17. The fourth-order valence-electron chi connectivity index (χ4n) is 2.37. The van der Waals surface area contributed by atoms with Crippen LogP contribution in [0.5, 0.6) is 5.75 Å². The van der Waals surface area contributed by atoms with Gasteiger partial charge in [-0.05, 0) is 34.1 Å². The van der Waals surface area contributed by atoms with E-state index in [0.717, 1.165) is 0 Å². The van der Waals surface area contributed by atoms with Gasteiger partial charge in [-0.1, -0.05) is 30.3 Å². The standard InChI is InChI=1S/C18H15BrFN3O2/c1-25-16-9-5-3-7-13(16)18(24)21-17-14(19)11-23(22-17)10-12-6-2-4-8-15(12)20/h2-9,11H,10H2,1H3,(H,21,22,24). The zero-order chi connectivity index (χ0) is 17.8. The minimum absolute atomic E-state index is 0.260. The summed E-state index contributed by atoms with van der Waals surface area (Å²) in [5.74, 6) is 0.192. The number of aromatic nitrogens is 2. The SMILES string of the molecule is COc1ccccc1C(=O)Nc1nn(Cc2ccccc2F)cc1Br. The van der Waals surface area contributed by atoms with E-state index in [9.17, 15) is 9.18 Å². The highest BCUT2D eigenvalue weighted by molar-refractivity contribution is 9.10. The molecule has 1 amide bonds. The molecule has 0 spiro atoms. The molecule has 0 bridgehead atoms. The van der Waals surface area contributed by atoms with Crippen molar-refractivity contribution in [3.05, 3.63) is 76.1 Å². The van der Waals surface area contributed by atoms with Gasteiger partial charge < -0.3 is 10.1 Å². The summed E-state index contributed by atoms with van der Waals surface area (Å²) in [5.41, 5.74) is 0.917. The first-order valence-electron chi connectivity index (χ1n) is 7.49. The van der Waals surface area contributed by atoms with Crippen molar-refractivity contribution in [2.45, 2.75) is 6.54 Å². The second-order valence-corrected chi connectivity index (χ2v) is 6.12. The van der Waals surface area contributed by atoms with Gasteiger partial charge >= 0.3 is 0 Å². The summed E-state index contributed by atoms with van der Waals surface area (Å²) in [7, 11) is 1.51. The molecule has 0 aliphatic rings. The van der Waals surface area contributed by atoms with Crippen molar-refractivity contribution >= 4 is 27.7 Å². The molecule has 0 saturated heterocycles. The van der Waals surface area contributed by atoms with Crippen LogP contribution in [0.1, 0.15) is 15.9 Å². The van der Waals surface area contributed by atoms with Gasteiger partial charge in [0.15, 0.2) is 5.82 Å². The van der Waals surface area contributed by atoms with Crippen molar-refractivity contribution in [2.75, 3.05) is 12.4 Å². The fourth-order valence-corrected chi connectivity index (χ4v) is 2.79. The highest BCUT2D eigenvalue weighted by Gasteiger charge is 2.15. The molecule has 2 aromatic carbocycles. The van der Waals surface area contributed by atoms with Crippen LogP contribution < -0.4 is 10.1 Å². The van der Waals surface area contributed by atoms with Gasteiger partial charge in [0.25, 0.3) is 5.91 Å². The van der Waals surface area contributed by atoms with Crippen molar-refractivity contribution in [3.8, 4) is 5.75 Å². The fraction of sp³-hybridized carbons (Fsp3) is 0.111. The van der Waals surface area contributed by atoms with E-state index in [4.69, 9.17) is 4.74 Å². The lowest BCUT2D eigenvalue weighted by atomic mass is 10.2. The molecule has 0 atom stereocenters. The maximum Gasteiger partial charge on any atom is 0.260 e. The van der Waals surface area contributed by atoms with E-state index in [1.54, 1.807) is 53.3 Å². The number of hydrogen-bond donors (Lipinski definition) is 1. The largest absolute Gasteiger partial charge is 0.496 e. The van der Waals surface area contributed by atoms with Gasteiger partial charge in [-0.25, -0.2) is 4.39 Å². The predicted octanol–water partition coefficient (Wildman–Crippen LogP) is 4.09. The van der Waals surface area contributed by atoms with Crippen molar-refractivity contribution in [3.63, 3.8) is 0 Å². The van der Waals surface area contributed by atoms with Crippen LogP contribution in [0.2, 0.25) is 0 Å². The number of hydrogen-bond acceptors (Lipinski definition) is 3. The summed E-state index contributed by atoms with van der Waals surface area (Å²) < 4.78 is 21.1. The average molecular weight is 404 g/mol. The Balaban J connectivity index is 1.79. The number of carbonyl (C=O) groups excluding carboxylic acids is 1. The molecule has 128 valence electrons. The number of anilines is 1. The van der Waals surface area contributed by atoms with E-state index in [1.807, 2.05) is 0 Å². The van der Waals surface area contributed by atoms with Crippen LogP contribution in [-0.2, 0) is 6.54 Å². The Labute approximate surface area is 152 Å². The number of ether oxygens (including phenoxy) is 1. The van der Waals surface area contributed by atoms with Gasteiger partial charge in [0.05, 0.1) is 23.7 Å². The molecule has 3 aromatic rings. The molecule has 1 heterocycles. The first kappa shape index (κ1) is 17.2. The van der Waals surface area contributed by atoms with Crippen molar-refractivity contribution in [1.29, 1.82) is 0 Å². The Morgan fingerprint density at radius 3 is 2.72 bits per heavy atom. The van der Waals surface area contributed by atoms with Crippen LogP contribution in [-0.4, -0.2) is 22.8 Å². The molecular weight excluding hydrogens is 389 g/mol. The number of nitrogens with one attached hydrogen (secondary N) is 1. The van der Waals surface area contributed by atoms with Gasteiger partial charge in [-0.3, -0.25) is 9.48 Å². The van der Waals surface area contributed by atoms with Gasteiger partial charge in [0, 0.05) is 11.8 Å². The van der Waals surface area contributed by atoms with Gasteiger partial charge in [-0.15, -0.1) is 0 Å². The molecule has 7 heteroatoms. The third kappa shape index (κ3) is 3.88. The molecule has 0 aliphatic heterocycles. The summed E-state index contributed by atoms with van der Waals surface area (Å²) in [6.45, 7) is 0.260. The van der Waals surface area contributed by atoms with Crippen molar-refractivity contribution in [1.82, 2.24) is 9.78 Å². The normalized spacial score (nSPS) is 10.5. The van der Waals surface area contributed by atoms with Crippen LogP contribution in [0.15, 0.2) is 59.2 Å². The van der Waals surface area contributed by atoms with E-state index in [0.29, 0.717) is 27.2 Å². The van der Waals surface area contributed by atoms with Crippen molar-refractivity contribution in [2.24, 2.45) is 0 Å². The maximum absolute atomic E-state index is 13.8. The highest BCUT2D eigenvalue weighted by Crippen LogP contribution is 2.24. The molecule has 0 fully saturated rings. The molecule has 3 rings (SSSR count). The van der Waals surface area contributed by atoms with Gasteiger partial charge in [0.1, 0.15) is 11.6 Å². The summed E-state index contributed by atoms with van der Waals surface area (Å²) in [6, 6.07) is 13.4. The molecule has 1 N–H and O–H groups in total. The van der Waals surface area contributed by atoms with Gasteiger partial charge in [-0.2, -0.15) is 5.10 Å². The van der Waals surface area contributed by atoms with Crippen molar-refractivity contribution < 1.29 is 13.9 Å². The zero-order valence-electron chi connectivity index (χ0n) is 13.4. The zero-order valence-corrected chi connectivity index (χ0v) is 15.0. The Bertz CT molecular complexity index is 911. The maximum atomic E-state index is 13.8. The Hall–Kier alpha value is -2.67. The Morgan fingerprint density at radius 2 is 1.96 bits per heavy atom. The monoisotopic (exact) mass is 403 g/mol. The number of benzene rings is 2. The van der Waals surface area contributed by atoms with E-state index in [2.05, 4.69) is 26.3 Å². The van der Waals surface area contributed by atoms with E-state index in [-0.39, 0.29) is 18.3 Å². The number of amides is 1. The molecule has 0 radical (unpaired) electrons. The third-order valence-electron chi connectivity index (χ3n) is 3.59.